The number of carbonyl (C=O) groups is 2. The van der Waals surface area contributed by atoms with Gasteiger partial charge in [0.1, 0.15) is 5.60 Å². The van der Waals surface area contributed by atoms with Gasteiger partial charge >= 0.3 is 0 Å². The van der Waals surface area contributed by atoms with Crippen LogP contribution in [0.3, 0.4) is 0 Å². The Bertz CT molecular complexity index is 726. The summed E-state index contributed by atoms with van der Waals surface area (Å²) in [6.07, 6.45) is 1.68. The zero-order valence-corrected chi connectivity index (χ0v) is 14.7. The number of nitrogens with zero attached hydrogens (tertiary/aromatic N) is 1. The molecule has 0 aliphatic carbocycles. The van der Waals surface area contributed by atoms with Gasteiger partial charge in [-0.1, -0.05) is 30.3 Å². The zero-order valence-electron chi connectivity index (χ0n) is 14.7. The molecule has 3 atom stereocenters. The first-order chi connectivity index (χ1) is 11.9. The molecular weight excluding hydrogens is 316 g/mol. The van der Waals surface area contributed by atoms with Gasteiger partial charge in [-0.25, -0.2) is 0 Å². The quantitative estimate of drug-likeness (QED) is 0.895. The number of hydrogen-bond donors (Lipinski definition) is 1. The second-order valence-electron chi connectivity index (χ2n) is 7.91. The molecule has 0 radical (unpaired) electrons. The predicted molar refractivity (Wildman–Crippen MR) is 93.6 cm³/mol. The summed E-state index contributed by atoms with van der Waals surface area (Å²) in [6.45, 7) is 6.25. The first kappa shape index (κ1) is 16.3. The lowest BCUT2D eigenvalue weighted by atomic mass is 9.89. The van der Waals surface area contributed by atoms with Crippen LogP contribution in [0, 0.1) is 11.8 Å². The molecule has 1 N–H and O–H groups in total. The molecule has 25 heavy (non-hydrogen) atoms. The number of carbonyl (C=O) groups excluding carboxylic acids is 2. The number of amides is 1. The Morgan fingerprint density at radius 2 is 2.00 bits per heavy atom. The van der Waals surface area contributed by atoms with Crippen molar-refractivity contribution in [2.24, 2.45) is 11.8 Å². The lowest BCUT2D eigenvalue weighted by molar-refractivity contribution is -0.139. The summed E-state index contributed by atoms with van der Waals surface area (Å²) in [6, 6.07) is 10.2. The molecule has 3 heterocycles. The molecule has 1 aromatic carbocycles. The van der Waals surface area contributed by atoms with Crippen molar-refractivity contribution >= 4 is 11.7 Å². The van der Waals surface area contributed by atoms with Crippen LogP contribution in [0.25, 0.3) is 0 Å². The Morgan fingerprint density at radius 1 is 1.24 bits per heavy atom. The zero-order chi connectivity index (χ0) is 17.6. The average Bonchev–Trinajstić information content (AvgIpc) is 3.13. The molecule has 2 fully saturated rings. The van der Waals surface area contributed by atoms with E-state index >= 15 is 0 Å². The highest BCUT2D eigenvalue weighted by Gasteiger charge is 2.48. The minimum absolute atomic E-state index is 0.0262. The maximum absolute atomic E-state index is 13.2. The van der Waals surface area contributed by atoms with Crippen molar-refractivity contribution in [2.75, 3.05) is 19.6 Å². The molecule has 5 nitrogen and oxygen atoms in total. The topological polar surface area (TPSA) is 58.6 Å². The SMILES string of the molecule is CC1(C)CC(=O)C=C(C(=O)N2C[C@@H]3CNC[C@@H]3[C@H]2c2ccccc2)O1. The van der Waals surface area contributed by atoms with Gasteiger partial charge in [-0.2, -0.15) is 0 Å². The standard InChI is InChI=1S/C20H24N2O3/c1-20(2)9-15(23)8-17(25-20)19(24)22-12-14-10-21-11-16(14)18(22)13-6-4-3-5-7-13/h3-8,14,16,18,21H,9-12H2,1-2H3/t14-,16-,18+/m0/s1. The third kappa shape index (κ3) is 2.97. The first-order valence-electron chi connectivity index (χ1n) is 8.95. The Labute approximate surface area is 148 Å². The summed E-state index contributed by atoms with van der Waals surface area (Å²) in [4.78, 5) is 27.1. The highest BCUT2D eigenvalue weighted by atomic mass is 16.5. The Balaban J connectivity index is 1.66. The molecule has 132 valence electrons. The molecule has 0 bridgehead atoms. The molecule has 2 saturated heterocycles. The van der Waals surface area contributed by atoms with Crippen molar-refractivity contribution in [3.8, 4) is 0 Å². The largest absolute Gasteiger partial charge is 0.481 e. The molecule has 5 heteroatoms. The number of ether oxygens (including phenoxy) is 1. The number of benzene rings is 1. The maximum Gasteiger partial charge on any atom is 0.289 e. The molecule has 1 amide bonds. The van der Waals surface area contributed by atoms with Crippen LogP contribution in [0.5, 0.6) is 0 Å². The molecule has 4 rings (SSSR count). The van der Waals surface area contributed by atoms with Crippen molar-refractivity contribution in [3.63, 3.8) is 0 Å². The van der Waals surface area contributed by atoms with Crippen molar-refractivity contribution in [1.29, 1.82) is 0 Å². The summed E-state index contributed by atoms with van der Waals surface area (Å²) in [5, 5.41) is 3.45. The number of nitrogens with one attached hydrogen (secondary N) is 1. The number of rotatable bonds is 2. The van der Waals surface area contributed by atoms with Gasteiger partial charge in [0.15, 0.2) is 11.5 Å². The van der Waals surface area contributed by atoms with Crippen LogP contribution in [0.4, 0.5) is 0 Å². The van der Waals surface area contributed by atoms with E-state index in [-0.39, 0.29) is 23.5 Å². The number of ketones is 1. The van der Waals surface area contributed by atoms with Gasteiger partial charge in [-0.05, 0) is 25.3 Å². The van der Waals surface area contributed by atoms with Gasteiger partial charge < -0.3 is 15.0 Å². The van der Waals surface area contributed by atoms with Crippen LogP contribution >= 0.6 is 0 Å². The van der Waals surface area contributed by atoms with E-state index < -0.39 is 5.60 Å². The van der Waals surface area contributed by atoms with Gasteiger partial charge in [0.25, 0.3) is 5.91 Å². The van der Waals surface area contributed by atoms with Gasteiger partial charge in [0.05, 0.1) is 6.04 Å². The van der Waals surface area contributed by atoms with E-state index in [0.717, 1.165) is 18.7 Å². The van der Waals surface area contributed by atoms with E-state index in [1.54, 1.807) is 0 Å². The number of allylic oxidation sites excluding steroid dienone is 1. The van der Waals surface area contributed by atoms with Crippen LogP contribution in [0.2, 0.25) is 0 Å². The van der Waals surface area contributed by atoms with E-state index in [4.69, 9.17) is 4.74 Å². The molecule has 0 spiro atoms. The molecule has 0 saturated carbocycles. The van der Waals surface area contributed by atoms with Crippen molar-refractivity contribution in [2.45, 2.75) is 31.9 Å². The van der Waals surface area contributed by atoms with Gasteiger partial charge in [-0.3, -0.25) is 9.59 Å². The maximum atomic E-state index is 13.2. The van der Waals surface area contributed by atoms with Gasteiger partial charge in [0, 0.05) is 38.0 Å². The molecule has 0 unspecified atom stereocenters. The van der Waals surface area contributed by atoms with Crippen LogP contribution in [-0.2, 0) is 14.3 Å². The summed E-state index contributed by atoms with van der Waals surface area (Å²) in [5.74, 6) is 0.831. The van der Waals surface area contributed by atoms with Crippen LogP contribution in [0.15, 0.2) is 42.2 Å². The summed E-state index contributed by atoms with van der Waals surface area (Å²) >= 11 is 0. The lowest BCUT2D eigenvalue weighted by Gasteiger charge is -2.34. The highest BCUT2D eigenvalue weighted by Crippen LogP contribution is 2.43. The van der Waals surface area contributed by atoms with Crippen LogP contribution < -0.4 is 5.32 Å². The second-order valence-corrected chi connectivity index (χ2v) is 7.91. The normalized spacial score (nSPS) is 30.6. The van der Waals surface area contributed by atoms with Crippen molar-refractivity contribution in [1.82, 2.24) is 10.2 Å². The van der Waals surface area contributed by atoms with Gasteiger partial charge in [-0.15, -0.1) is 0 Å². The Kier molecular flexibility index (Phi) is 3.91. The third-order valence-corrected chi connectivity index (χ3v) is 5.46. The van der Waals surface area contributed by atoms with E-state index in [1.807, 2.05) is 36.9 Å². The lowest BCUT2D eigenvalue weighted by Crippen LogP contribution is -2.40. The summed E-state index contributed by atoms with van der Waals surface area (Å²) in [7, 11) is 0. The second kappa shape index (κ2) is 5.99. The molecule has 0 aromatic heterocycles. The van der Waals surface area contributed by atoms with E-state index in [9.17, 15) is 9.59 Å². The minimum atomic E-state index is -0.629. The van der Waals surface area contributed by atoms with E-state index in [1.165, 1.54) is 6.08 Å². The van der Waals surface area contributed by atoms with E-state index in [2.05, 4.69) is 17.4 Å². The Morgan fingerprint density at radius 3 is 2.72 bits per heavy atom. The third-order valence-electron chi connectivity index (χ3n) is 5.46. The average molecular weight is 340 g/mol. The molecule has 3 aliphatic rings. The number of likely N-dealkylation sites (tertiary alicyclic amines) is 1. The van der Waals surface area contributed by atoms with Gasteiger partial charge in [0.2, 0.25) is 0 Å². The highest BCUT2D eigenvalue weighted by molar-refractivity contribution is 6.02. The van der Waals surface area contributed by atoms with Crippen LogP contribution in [-0.4, -0.2) is 41.8 Å². The summed E-state index contributed by atoms with van der Waals surface area (Å²) < 4.78 is 5.86. The number of hydrogen-bond acceptors (Lipinski definition) is 4. The fourth-order valence-corrected chi connectivity index (χ4v) is 4.43. The monoisotopic (exact) mass is 340 g/mol. The Hall–Kier alpha value is -2.14. The smallest absolute Gasteiger partial charge is 0.289 e. The minimum Gasteiger partial charge on any atom is -0.481 e. The number of fused-ring (bicyclic) bond motifs is 1. The van der Waals surface area contributed by atoms with Crippen molar-refractivity contribution < 1.29 is 14.3 Å². The summed E-state index contributed by atoms with van der Waals surface area (Å²) in [5.41, 5.74) is 0.519. The molecule has 3 aliphatic heterocycles. The molecule has 1 aromatic rings. The first-order valence-corrected chi connectivity index (χ1v) is 8.95. The predicted octanol–water partition coefficient (Wildman–Crippen LogP) is 2.06. The van der Waals surface area contributed by atoms with Crippen molar-refractivity contribution in [3.05, 3.63) is 47.7 Å². The van der Waals surface area contributed by atoms with Crippen LogP contribution in [0.1, 0.15) is 31.9 Å². The fourth-order valence-electron chi connectivity index (χ4n) is 4.43. The molecular formula is C20H24N2O3. The fraction of sp³-hybridized carbons (Fsp3) is 0.500. The van der Waals surface area contributed by atoms with E-state index in [0.29, 0.717) is 24.8 Å².